The van der Waals surface area contributed by atoms with E-state index < -0.39 is 0 Å². The van der Waals surface area contributed by atoms with Crippen molar-refractivity contribution in [3.63, 3.8) is 0 Å². The molecule has 3 rings (SSSR count). The summed E-state index contributed by atoms with van der Waals surface area (Å²) in [7, 11) is 3.30. The summed E-state index contributed by atoms with van der Waals surface area (Å²) in [5.74, 6) is 1.80. The molecular formula is C20H24N4O3S. The van der Waals surface area contributed by atoms with E-state index in [9.17, 15) is 4.79 Å². The number of benzene rings is 1. The number of carbonyl (C=O) groups excluding carboxylic acids is 1. The molecular weight excluding hydrogens is 376 g/mol. The van der Waals surface area contributed by atoms with Crippen LogP contribution in [0, 0.1) is 13.8 Å². The molecule has 0 amide bonds. The van der Waals surface area contributed by atoms with Crippen molar-refractivity contribution >= 4 is 17.5 Å². The van der Waals surface area contributed by atoms with Crippen LogP contribution in [-0.2, 0) is 11.3 Å². The van der Waals surface area contributed by atoms with Crippen LogP contribution in [0.15, 0.2) is 35.5 Å². The molecule has 1 N–H and O–H groups in total. The number of rotatable bonds is 9. The Balaban J connectivity index is 1.64. The molecule has 2 aromatic heterocycles. The summed E-state index contributed by atoms with van der Waals surface area (Å²) in [6.45, 7) is 5.32. The normalized spacial score (nSPS) is 11.0. The van der Waals surface area contributed by atoms with Gasteiger partial charge in [-0.25, -0.2) is 4.98 Å². The van der Waals surface area contributed by atoms with Crippen LogP contribution >= 0.6 is 11.8 Å². The van der Waals surface area contributed by atoms with E-state index in [-0.39, 0.29) is 11.5 Å². The van der Waals surface area contributed by atoms with Crippen LogP contribution in [0.4, 0.5) is 0 Å². The van der Waals surface area contributed by atoms with Gasteiger partial charge in [0.15, 0.2) is 11.6 Å². The van der Waals surface area contributed by atoms with Gasteiger partial charge in [0.1, 0.15) is 5.75 Å². The third kappa shape index (κ3) is 4.45. The van der Waals surface area contributed by atoms with Crippen molar-refractivity contribution in [3.8, 4) is 17.1 Å². The predicted molar refractivity (Wildman–Crippen MR) is 109 cm³/mol. The number of hydrogen-bond donors (Lipinski definition) is 1. The standard InChI is InChI=1S/C20H24N4O3S/c1-13-11-17(14(2)24(13)9-10-26-3)18(25)12-28-20-21-19(22-23-20)15-5-7-16(27-4)8-6-15/h5-8,11H,9-10,12H2,1-4H3,(H,21,22,23). The summed E-state index contributed by atoms with van der Waals surface area (Å²) in [6.07, 6.45) is 0. The lowest BCUT2D eigenvalue weighted by Gasteiger charge is -2.08. The fraction of sp³-hybridized carbons (Fsp3) is 0.350. The SMILES string of the molecule is COCCn1c(C)cc(C(=O)CSc2n[nH]c(-c3ccc(OC)cc3)n2)c1C. The van der Waals surface area contributed by atoms with Gasteiger partial charge < -0.3 is 14.0 Å². The number of ether oxygens (including phenoxy) is 2. The lowest BCUT2D eigenvalue weighted by atomic mass is 10.2. The minimum Gasteiger partial charge on any atom is -0.497 e. The van der Waals surface area contributed by atoms with Crippen molar-refractivity contribution in [2.45, 2.75) is 25.5 Å². The second kappa shape index (κ2) is 9.07. The van der Waals surface area contributed by atoms with Crippen molar-refractivity contribution in [2.24, 2.45) is 0 Å². The molecule has 0 aliphatic heterocycles. The fourth-order valence-electron chi connectivity index (χ4n) is 3.01. The van der Waals surface area contributed by atoms with E-state index in [1.54, 1.807) is 14.2 Å². The molecule has 7 nitrogen and oxygen atoms in total. The molecule has 148 valence electrons. The zero-order valence-electron chi connectivity index (χ0n) is 16.5. The molecule has 0 atom stereocenters. The monoisotopic (exact) mass is 400 g/mol. The van der Waals surface area contributed by atoms with Gasteiger partial charge >= 0.3 is 0 Å². The summed E-state index contributed by atoms with van der Waals surface area (Å²) in [6, 6.07) is 9.50. The first-order chi connectivity index (χ1) is 13.5. The van der Waals surface area contributed by atoms with Crippen LogP contribution < -0.4 is 4.74 Å². The smallest absolute Gasteiger partial charge is 0.209 e. The molecule has 0 spiro atoms. The maximum atomic E-state index is 12.7. The highest BCUT2D eigenvalue weighted by Gasteiger charge is 2.17. The number of H-pyrrole nitrogens is 1. The molecule has 2 heterocycles. The van der Waals surface area contributed by atoms with Gasteiger partial charge in [0.2, 0.25) is 5.16 Å². The molecule has 0 saturated carbocycles. The van der Waals surface area contributed by atoms with E-state index in [2.05, 4.69) is 19.7 Å². The van der Waals surface area contributed by atoms with Crippen LogP contribution in [0.3, 0.4) is 0 Å². The number of ketones is 1. The maximum Gasteiger partial charge on any atom is 0.209 e. The van der Waals surface area contributed by atoms with Gasteiger partial charge in [-0.1, -0.05) is 11.8 Å². The minimum absolute atomic E-state index is 0.0672. The molecule has 0 aliphatic carbocycles. The lowest BCUT2D eigenvalue weighted by Crippen LogP contribution is -2.09. The van der Waals surface area contributed by atoms with Crippen LogP contribution in [0.2, 0.25) is 0 Å². The summed E-state index contributed by atoms with van der Waals surface area (Å²) >= 11 is 1.33. The number of hydrogen-bond acceptors (Lipinski definition) is 6. The molecule has 0 bridgehead atoms. The predicted octanol–water partition coefficient (Wildman–Crippen LogP) is 3.52. The van der Waals surface area contributed by atoms with Crippen molar-refractivity contribution in [1.29, 1.82) is 0 Å². The quantitative estimate of drug-likeness (QED) is 0.437. The Hall–Kier alpha value is -2.58. The van der Waals surface area contributed by atoms with Crippen molar-refractivity contribution in [2.75, 3.05) is 26.6 Å². The molecule has 0 aliphatic rings. The first-order valence-corrected chi connectivity index (χ1v) is 9.90. The summed E-state index contributed by atoms with van der Waals surface area (Å²) in [5, 5.41) is 7.68. The Morgan fingerprint density at radius 3 is 2.64 bits per heavy atom. The molecule has 0 unspecified atom stereocenters. The maximum absolute atomic E-state index is 12.7. The Bertz CT molecular complexity index is 947. The minimum atomic E-state index is 0.0672. The number of nitrogens with one attached hydrogen (secondary N) is 1. The van der Waals surface area contributed by atoms with E-state index in [0.29, 0.717) is 17.6 Å². The molecule has 1 aromatic carbocycles. The molecule has 0 radical (unpaired) electrons. The highest BCUT2D eigenvalue weighted by Crippen LogP contribution is 2.23. The number of thioether (sulfide) groups is 1. The topological polar surface area (TPSA) is 82.0 Å². The van der Waals surface area contributed by atoms with Crippen LogP contribution in [0.25, 0.3) is 11.4 Å². The second-order valence-electron chi connectivity index (χ2n) is 6.34. The number of carbonyl (C=O) groups is 1. The van der Waals surface area contributed by atoms with Crippen molar-refractivity contribution in [1.82, 2.24) is 19.7 Å². The number of nitrogens with zero attached hydrogens (tertiary/aromatic N) is 3. The van der Waals surface area contributed by atoms with Crippen LogP contribution in [0.5, 0.6) is 5.75 Å². The van der Waals surface area contributed by atoms with E-state index in [1.807, 2.05) is 44.2 Å². The van der Waals surface area contributed by atoms with Crippen molar-refractivity contribution in [3.05, 3.63) is 47.3 Å². The zero-order valence-corrected chi connectivity index (χ0v) is 17.3. The van der Waals surface area contributed by atoms with Gasteiger partial charge in [-0.3, -0.25) is 9.89 Å². The highest BCUT2D eigenvalue weighted by atomic mass is 32.2. The summed E-state index contributed by atoms with van der Waals surface area (Å²) < 4.78 is 12.4. The first kappa shape index (κ1) is 20.2. The van der Waals surface area contributed by atoms with Gasteiger partial charge in [0.25, 0.3) is 0 Å². The number of Topliss-reactive ketones (excluding diaryl/α,β-unsaturated/α-hetero) is 1. The van der Waals surface area contributed by atoms with E-state index in [1.165, 1.54) is 11.8 Å². The van der Waals surface area contributed by atoms with Gasteiger partial charge in [0.05, 0.1) is 19.5 Å². The number of aromatic nitrogens is 4. The molecule has 0 fully saturated rings. The number of aromatic amines is 1. The van der Waals surface area contributed by atoms with Gasteiger partial charge in [0, 0.05) is 36.2 Å². The lowest BCUT2D eigenvalue weighted by molar-refractivity contribution is 0.102. The third-order valence-electron chi connectivity index (χ3n) is 4.55. The number of aryl methyl sites for hydroxylation is 1. The Morgan fingerprint density at radius 1 is 1.21 bits per heavy atom. The van der Waals surface area contributed by atoms with Crippen LogP contribution in [0.1, 0.15) is 21.7 Å². The Kier molecular flexibility index (Phi) is 6.53. The van der Waals surface area contributed by atoms with Crippen molar-refractivity contribution < 1.29 is 14.3 Å². The largest absolute Gasteiger partial charge is 0.497 e. The molecule has 8 heteroatoms. The second-order valence-corrected chi connectivity index (χ2v) is 7.28. The molecule has 28 heavy (non-hydrogen) atoms. The summed E-state index contributed by atoms with van der Waals surface area (Å²) in [5.41, 5.74) is 3.68. The van der Waals surface area contributed by atoms with E-state index in [4.69, 9.17) is 9.47 Å². The van der Waals surface area contributed by atoms with Gasteiger partial charge in [-0.15, -0.1) is 5.10 Å². The van der Waals surface area contributed by atoms with E-state index in [0.717, 1.165) is 34.8 Å². The first-order valence-electron chi connectivity index (χ1n) is 8.92. The Morgan fingerprint density at radius 2 is 1.96 bits per heavy atom. The Labute approximate surface area is 168 Å². The average molecular weight is 401 g/mol. The van der Waals surface area contributed by atoms with Gasteiger partial charge in [-0.05, 0) is 44.2 Å². The molecule has 0 saturated heterocycles. The molecule has 3 aromatic rings. The van der Waals surface area contributed by atoms with Gasteiger partial charge in [-0.2, -0.15) is 0 Å². The zero-order chi connectivity index (χ0) is 20.1. The fourth-order valence-corrected chi connectivity index (χ4v) is 3.69. The van der Waals surface area contributed by atoms with Crippen LogP contribution in [-0.4, -0.2) is 52.1 Å². The van der Waals surface area contributed by atoms with E-state index >= 15 is 0 Å². The number of methoxy groups -OCH3 is 2. The average Bonchev–Trinajstić information content (AvgIpc) is 3.29. The third-order valence-corrected chi connectivity index (χ3v) is 5.40. The highest BCUT2D eigenvalue weighted by molar-refractivity contribution is 7.99. The summed E-state index contributed by atoms with van der Waals surface area (Å²) in [4.78, 5) is 17.1.